The van der Waals surface area contributed by atoms with E-state index in [1.807, 2.05) is 24.3 Å². The van der Waals surface area contributed by atoms with Crippen LogP contribution in [0.25, 0.3) is 0 Å². The topological polar surface area (TPSA) is 95.8 Å². The second-order valence-corrected chi connectivity index (χ2v) is 8.15. The molecule has 0 spiro atoms. The van der Waals surface area contributed by atoms with Crippen LogP contribution in [0.5, 0.6) is 0 Å². The van der Waals surface area contributed by atoms with Gasteiger partial charge in [0.25, 0.3) is 0 Å². The van der Waals surface area contributed by atoms with Crippen LogP contribution in [-0.4, -0.2) is 50.0 Å². The summed E-state index contributed by atoms with van der Waals surface area (Å²) in [7, 11) is -3.62. The minimum Gasteiger partial charge on any atom is -0.369 e. The van der Waals surface area contributed by atoms with Crippen LogP contribution in [0.1, 0.15) is 18.4 Å². The van der Waals surface area contributed by atoms with Crippen LogP contribution in [0.15, 0.2) is 33.7 Å². The third-order valence-corrected chi connectivity index (χ3v) is 6.48. The number of aromatic nitrogens is 1. The zero-order chi connectivity index (χ0) is 18.9. The van der Waals surface area contributed by atoms with Crippen molar-refractivity contribution in [3.63, 3.8) is 0 Å². The first-order valence-corrected chi connectivity index (χ1v) is 9.78. The first-order valence-electron chi connectivity index (χ1n) is 8.34. The van der Waals surface area contributed by atoms with Crippen molar-refractivity contribution in [2.24, 2.45) is 0 Å². The molecule has 3 rings (SSSR count). The van der Waals surface area contributed by atoms with Crippen LogP contribution >= 0.6 is 0 Å². The predicted octanol–water partition coefficient (Wildman–Crippen LogP) is 1.76. The molecule has 0 radical (unpaired) electrons. The van der Waals surface area contributed by atoms with Crippen molar-refractivity contribution in [1.82, 2.24) is 9.46 Å². The van der Waals surface area contributed by atoms with E-state index in [2.05, 4.69) is 15.4 Å². The van der Waals surface area contributed by atoms with Gasteiger partial charge in [-0.2, -0.15) is 4.31 Å². The number of carbonyl (C=O) groups excluding carboxylic acids is 1. The van der Waals surface area contributed by atoms with Crippen LogP contribution in [0.2, 0.25) is 0 Å². The lowest BCUT2D eigenvalue weighted by atomic mass is 10.2. The quantitative estimate of drug-likeness (QED) is 0.871. The van der Waals surface area contributed by atoms with E-state index in [0.29, 0.717) is 37.6 Å². The van der Waals surface area contributed by atoms with E-state index in [1.54, 1.807) is 13.8 Å². The summed E-state index contributed by atoms with van der Waals surface area (Å²) in [5.41, 5.74) is 2.05. The number of hydrogen-bond donors (Lipinski definition) is 1. The lowest BCUT2D eigenvalue weighted by Crippen LogP contribution is -2.48. The number of nitrogens with one attached hydrogen (secondary N) is 1. The Labute approximate surface area is 152 Å². The molecule has 1 aliphatic heterocycles. The van der Waals surface area contributed by atoms with Crippen molar-refractivity contribution in [3.8, 4) is 0 Å². The third-order valence-electron chi connectivity index (χ3n) is 4.34. The smallest absolute Gasteiger partial charge is 0.248 e. The molecule has 26 heavy (non-hydrogen) atoms. The largest absolute Gasteiger partial charge is 0.369 e. The molecule has 0 unspecified atom stereocenters. The van der Waals surface area contributed by atoms with Gasteiger partial charge in [0.1, 0.15) is 10.6 Å². The molecule has 1 aromatic heterocycles. The Morgan fingerprint density at radius 1 is 1.19 bits per heavy atom. The second kappa shape index (κ2) is 7.08. The molecule has 0 atom stereocenters. The number of benzene rings is 1. The molecule has 1 fully saturated rings. The summed E-state index contributed by atoms with van der Waals surface area (Å²) in [6, 6.07) is 7.53. The number of hydrogen-bond acceptors (Lipinski definition) is 6. The Kier molecular flexibility index (Phi) is 5.01. The number of aryl methyl sites for hydroxylation is 2. The van der Waals surface area contributed by atoms with Gasteiger partial charge in [-0.1, -0.05) is 11.2 Å². The molecular weight excluding hydrogens is 356 g/mol. The van der Waals surface area contributed by atoms with Gasteiger partial charge in [-0.15, -0.1) is 0 Å². The Morgan fingerprint density at radius 2 is 1.88 bits per heavy atom. The van der Waals surface area contributed by atoms with E-state index in [0.717, 1.165) is 11.4 Å². The first-order chi connectivity index (χ1) is 12.3. The van der Waals surface area contributed by atoms with Crippen LogP contribution in [0, 0.1) is 13.8 Å². The average Bonchev–Trinajstić information content (AvgIpc) is 2.94. The molecule has 2 heterocycles. The molecule has 1 aliphatic rings. The van der Waals surface area contributed by atoms with E-state index in [4.69, 9.17) is 4.52 Å². The fraction of sp³-hybridized carbons (Fsp3) is 0.412. The molecule has 0 bridgehead atoms. The van der Waals surface area contributed by atoms with Gasteiger partial charge in [0, 0.05) is 44.5 Å². The maximum absolute atomic E-state index is 12.9. The fourth-order valence-corrected chi connectivity index (χ4v) is 4.86. The SMILES string of the molecule is CC(=O)Nc1cccc(N2CCN(S(=O)(=O)c3c(C)noc3C)CC2)c1. The number of nitrogens with zero attached hydrogens (tertiary/aromatic N) is 3. The Balaban J connectivity index is 1.73. The molecule has 1 amide bonds. The fourth-order valence-electron chi connectivity index (χ4n) is 3.14. The number of anilines is 2. The maximum atomic E-state index is 12.9. The molecule has 1 N–H and O–H groups in total. The van der Waals surface area contributed by atoms with Gasteiger partial charge in [-0.25, -0.2) is 8.42 Å². The lowest BCUT2D eigenvalue weighted by Gasteiger charge is -2.35. The van der Waals surface area contributed by atoms with Crippen LogP contribution in [-0.2, 0) is 14.8 Å². The number of rotatable bonds is 4. The molecule has 0 aliphatic carbocycles. The third kappa shape index (κ3) is 3.58. The van der Waals surface area contributed by atoms with Crippen molar-refractivity contribution in [2.75, 3.05) is 36.4 Å². The Hall–Kier alpha value is -2.39. The summed E-state index contributed by atoms with van der Waals surface area (Å²) in [5.74, 6) is 0.186. The summed E-state index contributed by atoms with van der Waals surface area (Å²) in [6.45, 7) is 6.57. The molecule has 1 aromatic carbocycles. The highest BCUT2D eigenvalue weighted by molar-refractivity contribution is 7.89. The molecule has 140 valence electrons. The molecule has 1 saturated heterocycles. The van der Waals surface area contributed by atoms with Gasteiger partial charge < -0.3 is 14.7 Å². The van der Waals surface area contributed by atoms with Gasteiger partial charge in [0.05, 0.1) is 0 Å². The molecule has 2 aromatic rings. The summed E-state index contributed by atoms with van der Waals surface area (Å²) >= 11 is 0. The van der Waals surface area contributed by atoms with E-state index in [9.17, 15) is 13.2 Å². The van der Waals surface area contributed by atoms with Crippen LogP contribution < -0.4 is 10.2 Å². The molecule has 9 heteroatoms. The minimum atomic E-state index is -3.62. The Morgan fingerprint density at radius 3 is 2.46 bits per heavy atom. The number of piperazine rings is 1. The van der Waals surface area contributed by atoms with E-state index >= 15 is 0 Å². The van der Waals surface area contributed by atoms with E-state index in [-0.39, 0.29) is 10.8 Å². The summed E-state index contributed by atoms with van der Waals surface area (Å²) in [4.78, 5) is 13.5. The highest BCUT2D eigenvalue weighted by atomic mass is 32.2. The van der Waals surface area contributed by atoms with Gasteiger partial charge in [0.2, 0.25) is 15.9 Å². The number of carbonyl (C=O) groups is 1. The monoisotopic (exact) mass is 378 g/mol. The van der Waals surface area contributed by atoms with E-state index in [1.165, 1.54) is 11.2 Å². The molecular formula is C17H22N4O4S. The lowest BCUT2D eigenvalue weighted by molar-refractivity contribution is -0.114. The number of amides is 1. The molecule has 0 saturated carbocycles. The average molecular weight is 378 g/mol. The van der Waals surface area contributed by atoms with Crippen molar-refractivity contribution in [2.45, 2.75) is 25.7 Å². The normalized spacial score (nSPS) is 15.9. The van der Waals surface area contributed by atoms with Crippen molar-refractivity contribution < 1.29 is 17.7 Å². The predicted molar refractivity (Wildman–Crippen MR) is 97.7 cm³/mol. The van der Waals surface area contributed by atoms with Crippen molar-refractivity contribution in [1.29, 1.82) is 0 Å². The van der Waals surface area contributed by atoms with Crippen molar-refractivity contribution >= 4 is 27.3 Å². The van der Waals surface area contributed by atoms with Gasteiger partial charge in [0.15, 0.2) is 5.76 Å². The first kappa shape index (κ1) is 18.4. The summed E-state index contributed by atoms with van der Waals surface area (Å²) in [6.07, 6.45) is 0. The second-order valence-electron chi connectivity index (χ2n) is 6.28. The highest BCUT2D eigenvalue weighted by Crippen LogP contribution is 2.26. The summed E-state index contributed by atoms with van der Waals surface area (Å²) in [5, 5.41) is 6.51. The summed E-state index contributed by atoms with van der Waals surface area (Å²) < 4.78 is 32.2. The van der Waals surface area contributed by atoms with Crippen LogP contribution in [0.3, 0.4) is 0 Å². The highest BCUT2D eigenvalue weighted by Gasteiger charge is 2.33. The van der Waals surface area contributed by atoms with Gasteiger partial charge in [-0.05, 0) is 32.0 Å². The zero-order valence-electron chi connectivity index (χ0n) is 15.0. The minimum absolute atomic E-state index is 0.127. The molecule has 8 nitrogen and oxygen atoms in total. The van der Waals surface area contributed by atoms with Crippen molar-refractivity contribution in [3.05, 3.63) is 35.7 Å². The van der Waals surface area contributed by atoms with Gasteiger partial charge in [-0.3, -0.25) is 4.79 Å². The zero-order valence-corrected chi connectivity index (χ0v) is 15.8. The van der Waals surface area contributed by atoms with E-state index < -0.39 is 10.0 Å². The standard InChI is InChI=1S/C17H22N4O4S/c1-12-17(13(2)25-19-12)26(23,24)21-9-7-20(8-10-21)16-6-4-5-15(11-16)18-14(3)22/h4-6,11H,7-10H2,1-3H3,(H,18,22). The van der Waals surface area contributed by atoms with Crippen LogP contribution in [0.4, 0.5) is 11.4 Å². The number of sulfonamides is 1. The maximum Gasteiger partial charge on any atom is 0.248 e. The van der Waals surface area contributed by atoms with Gasteiger partial charge >= 0.3 is 0 Å². The Bertz CT molecular complexity index is 895.